The second-order valence-corrected chi connectivity index (χ2v) is 3.67. The number of rotatable bonds is 3. The molecule has 0 aliphatic heterocycles. The van der Waals surface area contributed by atoms with E-state index in [1.807, 2.05) is 0 Å². The number of esters is 1. The normalized spacial score (nSPS) is 9.95. The molecule has 19 heavy (non-hydrogen) atoms. The predicted octanol–water partition coefficient (Wildman–Crippen LogP) is 2.74. The van der Waals surface area contributed by atoms with Gasteiger partial charge < -0.3 is 9.84 Å². The van der Waals surface area contributed by atoms with Crippen molar-refractivity contribution < 1.29 is 23.8 Å². The molecule has 0 atom stereocenters. The maximum absolute atomic E-state index is 13.4. The molecule has 1 N–H and O–H groups in total. The number of carboxylic acids is 1. The van der Waals surface area contributed by atoms with E-state index in [2.05, 4.69) is 0 Å². The van der Waals surface area contributed by atoms with Gasteiger partial charge in [0.05, 0.1) is 5.56 Å². The van der Waals surface area contributed by atoms with Gasteiger partial charge in [-0.1, -0.05) is 24.3 Å². The van der Waals surface area contributed by atoms with Gasteiger partial charge in [-0.2, -0.15) is 0 Å². The summed E-state index contributed by atoms with van der Waals surface area (Å²) >= 11 is 0. The quantitative estimate of drug-likeness (QED) is 0.680. The molecule has 5 heteroatoms. The van der Waals surface area contributed by atoms with Gasteiger partial charge in [0.25, 0.3) is 0 Å². The van der Waals surface area contributed by atoms with Crippen LogP contribution in [-0.2, 0) is 0 Å². The van der Waals surface area contributed by atoms with Crippen LogP contribution >= 0.6 is 0 Å². The smallest absolute Gasteiger partial charge is 0.346 e. The summed E-state index contributed by atoms with van der Waals surface area (Å²) in [5, 5.41) is 8.94. The largest absolute Gasteiger partial charge is 0.478 e. The summed E-state index contributed by atoms with van der Waals surface area (Å²) in [7, 11) is 0. The molecule has 4 nitrogen and oxygen atoms in total. The number of carboxylic acid groups (broad SMARTS) is 1. The predicted molar refractivity (Wildman–Crippen MR) is 64.8 cm³/mol. The molecule has 0 fully saturated rings. The highest BCUT2D eigenvalue weighted by Crippen LogP contribution is 2.20. The molecular weight excluding hydrogens is 251 g/mol. The fourth-order valence-corrected chi connectivity index (χ4v) is 1.51. The Balaban J connectivity index is 2.30. The summed E-state index contributed by atoms with van der Waals surface area (Å²) in [6, 6.07) is 11.0. The molecule has 0 spiro atoms. The summed E-state index contributed by atoms with van der Waals surface area (Å²) in [6.07, 6.45) is 0. The molecule has 0 heterocycles. The van der Waals surface area contributed by atoms with Crippen molar-refractivity contribution in [2.75, 3.05) is 0 Å². The van der Waals surface area contributed by atoms with E-state index in [4.69, 9.17) is 9.84 Å². The van der Waals surface area contributed by atoms with Gasteiger partial charge in [0.2, 0.25) is 0 Å². The Kier molecular flexibility index (Phi) is 3.56. The summed E-state index contributed by atoms with van der Waals surface area (Å²) in [5.41, 5.74) is -0.408. The van der Waals surface area contributed by atoms with Gasteiger partial charge in [0, 0.05) is 0 Å². The lowest BCUT2D eigenvalue weighted by atomic mass is 10.2. The Bertz CT molecular complexity index is 637. The molecule has 0 amide bonds. The standard InChI is InChI=1S/C14H9FO4/c15-11-7-3-1-5-9(11)14(18)19-12-8-4-2-6-10(12)13(16)17/h1-8H,(H,16,17). The molecule has 0 unspecified atom stereocenters. The summed E-state index contributed by atoms with van der Waals surface area (Å²) < 4.78 is 18.3. The fourth-order valence-electron chi connectivity index (χ4n) is 1.51. The average Bonchev–Trinajstić information content (AvgIpc) is 2.39. The maximum atomic E-state index is 13.4. The molecule has 2 aromatic rings. The second kappa shape index (κ2) is 5.30. The Morgan fingerprint density at radius 2 is 1.53 bits per heavy atom. The van der Waals surface area contributed by atoms with E-state index in [1.54, 1.807) is 0 Å². The van der Waals surface area contributed by atoms with E-state index < -0.39 is 17.8 Å². The van der Waals surface area contributed by atoms with Crippen LogP contribution in [0.25, 0.3) is 0 Å². The van der Waals surface area contributed by atoms with Crippen LogP contribution in [0.1, 0.15) is 20.7 Å². The Labute approximate surface area is 108 Å². The summed E-state index contributed by atoms with van der Waals surface area (Å²) in [6.45, 7) is 0. The molecule has 0 aliphatic rings. The van der Waals surface area contributed by atoms with Gasteiger partial charge in [-0.15, -0.1) is 0 Å². The van der Waals surface area contributed by atoms with Crippen LogP contribution in [0.4, 0.5) is 4.39 Å². The number of ether oxygens (including phenoxy) is 1. The first-order valence-corrected chi connectivity index (χ1v) is 5.38. The number of aromatic carboxylic acids is 1. The van der Waals surface area contributed by atoms with Gasteiger partial charge in [0.1, 0.15) is 17.1 Å². The zero-order valence-corrected chi connectivity index (χ0v) is 9.67. The molecule has 96 valence electrons. The van der Waals surface area contributed by atoms with Crippen LogP contribution in [0.5, 0.6) is 5.75 Å². The second-order valence-electron chi connectivity index (χ2n) is 3.67. The lowest BCUT2D eigenvalue weighted by molar-refractivity contribution is 0.0680. The van der Waals surface area contributed by atoms with E-state index in [0.717, 1.165) is 6.07 Å². The maximum Gasteiger partial charge on any atom is 0.346 e. The zero-order valence-electron chi connectivity index (χ0n) is 9.67. The molecule has 0 saturated heterocycles. The van der Waals surface area contributed by atoms with Crippen molar-refractivity contribution in [3.63, 3.8) is 0 Å². The van der Waals surface area contributed by atoms with Crippen molar-refractivity contribution in [3.8, 4) is 5.75 Å². The molecule has 0 aromatic heterocycles. The van der Waals surface area contributed by atoms with Gasteiger partial charge in [-0.25, -0.2) is 14.0 Å². The zero-order chi connectivity index (χ0) is 13.8. The van der Waals surface area contributed by atoms with Crippen LogP contribution in [0.2, 0.25) is 0 Å². The van der Waals surface area contributed by atoms with Crippen molar-refractivity contribution in [2.24, 2.45) is 0 Å². The molecule has 2 rings (SSSR count). The first-order chi connectivity index (χ1) is 9.09. The third-order valence-electron chi connectivity index (χ3n) is 2.41. The van der Waals surface area contributed by atoms with Gasteiger partial charge >= 0.3 is 11.9 Å². The van der Waals surface area contributed by atoms with Crippen molar-refractivity contribution in [1.82, 2.24) is 0 Å². The summed E-state index contributed by atoms with van der Waals surface area (Å²) in [5.74, 6) is -3.01. The first kappa shape index (κ1) is 12.8. The van der Waals surface area contributed by atoms with Crippen LogP contribution in [0, 0.1) is 5.82 Å². The number of benzene rings is 2. The number of para-hydroxylation sites is 1. The monoisotopic (exact) mass is 260 g/mol. The summed E-state index contributed by atoms with van der Waals surface area (Å²) in [4.78, 5) is 22.7. The van der Waals surface area contributed by atoms with Crippen molar-refractivity contribution in [3.05, 3.63) is 65.5 Å². The van der Waals surface area contributed by atoms with Crippen LogP contribution in [0.3, 0.4) is 0 Å². The number of hydrogen-bond acceptors (Lipinski definition) is 3. The number of hydrogen-bond donors (Lipinski definition) is 1. The van der Waals surface area contributed by atoms with Crippen LogP contribution in [0.15, 0.2) is 48.5 Å². The van der Waals surface area contributed by atoms with Crippen molar-refractivity contribution >= 4 is 11.9 Å². The first-order valence-electron chi connectivity index (χ1n) is 5.38. The van der Waals surface area contributed by atoms with E-state index in [9.17, 15) is 14.0 Å². The average molecular weight is 260 g/mol. The van der Waals surface area contributed by atoms with Gasteiger partial charge in [-0.05, 0) is 24.3 Å². The minimum absolute atomic E-state index is 0.122. The number of carbonyl (C=O) groups is 2. The minimum Gasteiger partial charge on any atom is -0.478 e. The molecule has 0 radical (unpaired) electrons. The Hall–Kier alpha value is -2.69. The number of carbonyl (C=O) groups excluding carboxylic acids is 1. The molecular formula is C14H9FO4. The Morgan fingerprint density at radius 1 is 0.947 bits per heavy atom. The van der Waals surface area contributed by atoms with E-state index in [0.29, 0.717) is 0 Å². The van der Waals surface area contributed by atoms with Gasteiger partial charge in [-0.3, -0.25) is 0 Å². The van der Waals surface area contributed by atoms with Crippen LogP contribution < -0.4 is 4.74 Å². The third-order valence-corrected chi connectivity index (χ3v) is 2.41. The third kappa shape index (κ3) is 2.77. The minimum atomic E-state index is -1.23. The molecule has 0 bridgehead atoms. The lowest BCUT2D eigenvalue weighted by Crippen LogP contribution is -2.12. The van der Waals surface area contributed by atoms with Crippen LogP contribution in [-0.4, -0.2) is 17.0 Å². The highest BCUT2D eigenvalue weighted by molar-refractivity contribution is 5.95. The van der Waals surface area contributed by atoms with Gasteiger partial charge in [0.15, 0.2) is 0 Å². The van der Waals surface area contributed by atoms with E-state index in [-0.39, 0.29) is 16.9 Å². The highest BCUT2D eigenvalue weighted by Gasteiger charge is 2.17. The molecule has 2 aromatic carbocycles. The Morgan fingerprint density at radius 3 is 2.16 bits per heavy atom. The highest BCUT2D eigenvalue weighted by atomic mass is 19.1. The van der Waals surface area contributed by atoms with Crippen molar-refractivity contribution in [1.29, 1.82) is 0 Å². The molecule has 0 saturated carbocycles. The fraction of sp³-hybridized carbons (Fsp3) is 0. The molecule has 0 aliphatic carbocycles. The van der Waals surface area contributed by atoms with Crippen molar-refractivity contribution in [2.45, 2.75) is 0 Å². The van der Waals surface area contributed by atoms with E-state index in [1.165, 1.54) is 42.5 Å². The van der Waals surface area contributed by atoms with E-state index >= 15 is 0 Å². The number of halogens is 1. The lowest BCUT2D eigenvalue weighted by Gasteiger charge is -2.07. The SMILES string of the molecule is O=C(Oc1ccccc1C(=O)O)c1ccccc1F. The topological polar surface area (TPSA) is 63.6 Å².